The monoisotopic (exact) mass is 251 g/mol. The molecule has 0 saturated heterocycles. The Morgan fingerprint density at radius 3 is 2.56 bits per heavy atom. The molecule has 18 heavy (non-hydrogen) atoms. The van der Waals surface area contributed by atoms with E-state index in [1.807, 2.05) is 12.1 Å². The highest BCUT2D eigenvalue weighted by Gasteiger charge is 2.08. The summed E-state index contributed by atoms with van der Waals surface area (Å²) in [7, 11) is 1.60. The van der Waals surface area contributed by atoms with Crippen molar-refractivity contribution in [2.24, 2.45) is 0 Å². The fourth-order valence-electron chi connectivity index (χ4n) is 1.60. The van der Waals surface area contributed by atoms with Crippen LogP contribution < -0.4 is 14.8 Å². The maximum absolute atomic E-state index is 11.6. The highest BCUT2D eigenvalue weighted by atomic mass is 16.5. The van der Waals surface area contributed by atoms with Crippen LogP contribution in [0.4, 0.5) is 0 Å². The van der Waals surface area contributed by atoms with Gasteiger partial charge in [-0.15, -0.1) is 0 Å². The minimum Gasteiger partial charge on any atom is -0.497 e. The molecule has 0 saturated carbocycles. The number of nitrogens with one attached hydrogen (secondary N) is 1. The molecule has 0 aliphatic rings. The lowest BCUT2D eigenvalue weighted by molar-refractivity contribution is -0.123. The van der Waals surface area contributed by atoms with Crippen molar-refractivity contribution < 1.29 is 14.3 Å². The molecular formula is C14H21NO3. The predicted octanol–water partition coefficient (Wildman–Crippen LogP) is 2.38. The first-order valence-corrected chi connectivity index (χ1v) is 6.25. The maximum Gasteiger partial charge on any atom is 0.258 e. The van der Waals surface area contributed by atoms with Crippen LogP contribution in [0.3, 0.4) is 0 Å². The third kappa shape index (κ3) is 4.65. The van der Waals surface area contributed by atoms with Gasteiger partial charge in [-0.25, -0.2) is 0 Å². The third-order valence-corrected chi connectivity index (χ3v) is 2.76. The maximum atomic E-state index is 11.6. The SMILES string of the molecule is CCC(CC)NC(=O)COc1cccc(OC)c1. The van der Waals surface area contributed by atoms with Gasteiger partial charge in [-0.05, 0) is 25.0 Å². The number of methoxy groups -OCH3 is 1. The molecule has 0 atom stereocenters. The molecule has 1 aromatic rings. The number of hydrogen-bond acceptors (Lipinski definition) is 3. The molecule has 0 fully saturated rings. The molecule has 1 N–H and O–H groups in total. The number of carbonyl (C=O) groups is 1. The van der Waals surface area contributed by atoms with Crippen molar-refractivity contribution in [3.05, 3.63) is 24.3 Å². The molecule has 0 radical (unpaired) electrons. The van der Waals surface area contributed by atoms with E-state index >= 15 is 0 Å². The Balaban J connectivity index is 2.42. The van der Waals surface area contributed by atoms with Gasteiger partial charge in [0.05, 0.1) is 7.11 Å². The van der Waals surface area contributed by atoms with Gasteiger partial charge in [0.15, 0.2) is 6.61 Å². The Hall–Kier alpha value is -1.71. The molecule has 4 heteroatoms. The second kappa shape index (κ2) is 7.58. The van der Waals surface area contributed by atoms with Crippen LogP contribution in [0.2, 0.25) is 0 Å². The first-order chi connectivity index (χ1) is 8.69. The molecule has 0 aliphatic carbocycles. The standard InChI is InChI=1S/C14H21NO3/c1-4-11(5-2)15-14(16)10-18-13-8-6-7-12(9-13)17-3/h6-9,11H,4-5,10H2,1-3H3,(H,15,16). The van der Waals surface area contributed by atoms with Gasteiger partial charge in [0, 0.05) is 12.1 Å². The zero-order valence-electron chi connectivity index (χ0n) is 11.2. The molecule has 1 aromatic carbocycles. The van der Waals surface area contributed by atoms with Crippen molar-refractivity contribution in [3.8, 4) is 11.5 Å². The number of benzene rings is 1. The Bertz CT molecular complexity index is 375. The summed E-state index contributed by atoms with van der Waals surface area (Å²) in [6.07, 6.45) is 1.86. The summed E-state index contributed by atoms with van der Waals surface area (Å²) in [5.41, 5.74) is 0. The zero-order chi connectivity index (χ0) is 13.4. The molecule has 4 nitrogen and oxygen atoms in total. The summed E-state index contributed by atoms with van der Waals surface area (Å²) in [4.78, 5) is 11.6. The topological polar surface area (TPSA) is 47.6 Å². The van der Waals surface area contributed by atoms with E-state index in [9.17, 15) is 4.79 Å². The van der Waals surface area contributed by atoms with E-state index in [0.717, 1.165) is 12.8 Å². The van der Waals surface area contributed by atoms with E-state index in [1.54, 1.807) is 19.2 Å². The molecule has 1 amide bonds. The largest absolute Gasteiger partial charge is 0.497 e. The first kappa shape index (κ1) is 14.4. The summed E-state index contributed by atoms with van der Waals surface area (Å²) in [6, 6.07) is 7.44. The molecule has 100 valence electrons. The van der Waals surface area contributed by atoms with Gasteiger partial charge in [0.1, 0.15) is 11.5 Å². The van der Waals surface area contributed by atoms with Crippen LogP contribution in [0.1, 0.15) is 26.7 Å². The quantitative estimate of drug-likeness (QED) is 0.809. The number of carbonyl (C=O) groups excluding carboxylic acids is 1. The van der Waals surface area contributed by atoms with Gasteiger partial charge in [0.2, 0.25) is 0 Å². The second-order valence-corrected chi connectivity index (χ2v) is 4.05. The minimum absolute atomic E-state index is 0.0314. The molecule has 0 spiro atoms. The molecule has 0 heterocycles. The molecule has 0 unspecified atom stereocenters. The molecule has 0 aliphatic heterocycles. The first-order valence-electron chi connectivity index (χ1n) is 6.25. The van der Waals surface area contributed by atoms with Crippen molar-refractivity contribution in [2.45, 2.75) is 32.7 Å². The van der Waals surface area contributed by atoms with E-state index in [1.165, 1.54) is 0 Å². The number of hydrogen-bond donors (Lipinski definition) is 1. The molecular weight excluding hydrogens is 230 g/mol. The summed E-state index contributed by atoms with van der Waals surface area (Å²) < 4.78 is 10.5. The van der Waals surface area contributed by atoms with Crippen LogP contribution in [0.25, 0.3) is 0 Å². The van der Waals surface area contributed by atoms with Crippen LogP contribution >= 0.6 is 0 Å². The summed E-state index contributed by atoms with van der Waals surface area (Å²) >= 11 is 0. The summed E-state index contributed by atoms with van der Waals surface area (Å²) in [5, 5.41) is 2.92. The van der Waals surface area contributed by atoms with E-state index < -0.39 is 0 Å². The second-order valence-electron chi connectivity index (χ2n) is 4.05. The number of ether oxygens (including phenoxy) is 2. The van der Waals surface area contributed by atoms with Crippen molar-refractivity contribution in [1.29, 1.82) is 0 Å². The van der Waals surface area contributed by atoms with Gasteiger partial charge in [-0.2, -0.15) is 0 Å². The Morgan fingerprint density at radius 2 is 1.94 bits per heavy atom. The lowest BCUT2D eigenvalue weighted by Crippen LogP contribution is -2.37. The van der Waals surface area contributed by atoms with Crippen molar-refractivity contribution in [2.75, 3.05) is 13.7 Å². The summed E-state index contributed by atoms with van der Waals surface area (Å²) in [5.74, 6) is 1.26. The van der Waals surface area contributed by atoms with Crippen LogP contribution in [-0.2, 0) is 4.79 Å². The van der Waals surface area contributed by atoms with Gasteiger partial charge in [-0.3, -0.25) is 4.79 Å². The van der Waals surface area contributed by atoms with Crippen LogP contribution in [0, 0.1) is 0 Å². The van der Waals surface area contributed by atoms with Crippen LogP contribution in [0.15, 0.2) is 24.3 Å². The van der Waals surface area contributed by atoms with Crippen LogP contribution in [-0.4, -0.2) is 25.7 Å². The zero-order valence-corrected chi connectivity index (χ0v) is 11.2. The normalized spacial score (nSPS) is 10.2. The van der Waals surface area contributed by atoms with E-state index in [-0.39, 0.29) is 18.6 Å². The van der Waals surface area contributed by atoms with Crippen molar-refractivity contribution >= 4 is 5.91 Å². The van der Waals surface area contributed by atoms with Crippen LogP contribution in [0.5, 0.6) is 11.5 Å². The Morgan fingerprint density at radius 1 is 1.28 bits per heavy atom. The van der Waals surface area contributed by atoms with Gasteiger partial charge < -0.3 is 14.8 Å². The smallest absolute Gasteiger partial charge is 0.258 e. The van der Waals surface area contributed by atoms with E-state index in [0.29, 0.717) is 11.5 Å². The Labute approximate surface area is 108 Å². The van der Waals surface area contributed by atoms with E-state index in [2.05, 4.69) is 19.2 Å². The van der Waals surface area contributed by atoms with E-state index in [4.69, 9.17) is 9.47 Å². The third-order valence-electron chi connectivity index (χ3n) is 2.76. The highest BCUT2D eigenvalue weighted by molar-refractivity contribution is 5.77. The lowest BCUT2D eigenvalue weighted by Gasteiger charge is -2.15. The lowest BCUT2D eigenvalue weighted by atomic mass is 10.2. The van der Waals surface area contributed by atoms with Gasteiger partial charge in [-0.1, -0.05) is 19.9 Å². The molecule has 0 bridgehead atoms. The molecule has 0 aromatic heterocycles. The fraction of sp³-hybridized carbons (Fsp3) is 0.500. The highest BCUT2D eigenvalue weighted by Crippen LogP contribution is 2.18. The summed E-state index contributed by atoms with van der Waals surface area (Å²) in [6.45, 7) is 4.14. The Kier molecular flexibility index (Phi) is 6.05. The van der Waals surface area contributed by atoms with Gasteiger partial charge >= 0.3 is 0 Å². The van der Waals surface area contributed by atoms with Gasteiger partial charge in [0.25, 0.3) is 5.91 Å². The van der Waals surface area contributed by atoms with Crippen molar-refractivity contribution in [3.63, 3.8) is 0 Å². The number of amides is 1. The number of rotatable bonds is 7. The minimum atomic E-state index is -0.0912. The van der Waals surface area contributed by atoms with Crippen molar-refractivity contribution in [1.82, 2.24) is 5.32 Å². The predicted molar refractivity (Wildman–Crippen MR) is 71.0 cm³/mol. The average molecular weight is 251 g/mol. The molecule has 1 rings (SSSR count). The fourth-order valence-corrected chi connectivity index (χ4v) is 1.60. The average Bonchev–Trinajstić information content (AvgIpc) is 2.42.